The van der Waals surface area contributed by atoms with E-state index in [4.69, 9.17) is 4.74 Å². The van der Waals surface area contributed by atoms with Crippen LogP contribution in [0.2, 0.25) is 0 Å². The van der Waals surface area contributed by atoms with E-state index in [1.807, 2.05) is 6.92 Å². The Hall–Kier alpha value is -2.87. The molecule has 0 atom stereocenters. The number of ether oxygens (including phenoxy) is 1. The highest BCUT2D eigenvalue weighted by Gasteiger charge is 2.33. The molecule has 0 saturated heterocycles. The van der Waals surface area contributed by atoms with E-state index in [0.717, 1.165) is 6.07 Å². The van der Waals surface area contributed by atoms with Crippen molar-refractivity contribution in [1.82, 2.24) is 10.3 Å². The van der Waals surface area contributed by atoms with Crippen molar-refractivity contribution in [3.63, 3.8) is 0 Å². The fourth-order valence-corrected chi connectivity index (χ4v) is 3.43. The minimum absolute atomic E-state index is 0.0481. The molecule has 146 valence electrons. The predicted octanol–water partition coefficient (Wildman–Crippen LogP) is 5.16. The minimum atomic E-state index is -4.45. The summed E-state index contributed by atoms with van der Waals surface area (Å²) >= 11 is 1.27. The first-order chi connectivity index (χ1) is 13.4. The summed E-state index contributed by atoms with van der Waals surface area (Å²) in [6, 6.07) is 12.2. The van der Waals surface area contributed by atoms with Crippen molar-refractivity contribution < 1.29 is 22.7 Å². The zero-order chi connectivity index (χ0) is 20.1. The molecule has 3 rings (SSSR count). The molecule has 1 heterocycles. The van der Waals surface area contributed by atoms with Crippen LogP contribution in [0.15, 0.2) is 53.9 Å². The highest BCUT2D eigenvalue weighted by atomic mass is 32.1. The standard InChI is InChI=1S/C20H17F3N2O2S/c1-2-24-18(26)16-12-28-19(25-16)14-8-4-6-10-17(14)27-11-13-7-3-5-9-15(13)20(21,22)23/h3-10,12H,2,11H2,1H3,(H,24,26). The van der Waals surface area contributed by atoms with Crippen molar-refractivity contribution in [1.29, 1.82) is 0 Å². The average molecular weight is 406 g/mol. The van der Waals surface area contributed by atoms with Gasteiger partial charge in [-0.15, -0.1) is 11.3 Å². The second-order valence-corrected chi connectivity index (χ2v) is 6.70. The maximum absolute atomic E-state index is 13.2. The van der Waals surface area contributed by atoms with Gasteiger partial charge in [-0.2, -0.15) is 13.2 Å². The molecular formula is C20H17F3N2O2S. The summed E-state index contributed by atoms with van der Waals surface area (Å²) in [4.78, 5) is 16.2. The number of halogens is 3. The molecular weight excluding hydrogens is 389 g/mol. The van der Waals surface area contributed by atoms with E-state index >= 15 is 0 Å². The fraction of sp³-hybridized carbons (Fsp3) is 0.200. The number of carbonyl (C=O) groups excluding carboxylic acids is 1. The predicted molar refractivity (Wildman–Crippen MR) is 101 cm³/mol. The molecule has 0 radical (unpaired) electrons. The van der Waals surface area contributed by atoms with Crippen LogP contribution in [0.25, 0.3) is 10.6 Å². The van der Waals surface area contributed by atoms with Crippen LogP contribution >= 0.6 is 11.3 Å². The second kappa shape index (κ2) is 8.43. The normalized spacial score (nSPS) is 11.3. The Morgan fingerprint density at radius 2 is 1.86 bits per heavy atom. The second-order valence-electron chi connectivity index (χ2n) is 5.84. The smallest absolute Gasteiger partial charge is 0.416 e. The van der Waals surface area contributed by atoms with Crippen molar-refractivity contribution in [2.75, 3.05) is 6.54 Å². The third kappa shape index (κ3) is 4.51. The molecule has 28 heavy (non-hydrogen) atoms. The largest absolute Gasteiger partial charge is 0.488 e. The number of amides is 1. The first-order valence-corrected chi connectivity index (χ1v) is 9.39. The quantitative estimate of drug-likeness (QED) is 0.615. The number of rotatable bonds is 6. The Labute approximate surface area is 164 Å². The van der Waals surface area contributed by atoms with E-state index in [2.05, 4.69) is 10.3 Å². The van der Waals surface area contributed by atoms with Gasteiger partial charge in [-0.3, -0.25) is 4.79 Å². The lowest BCUT2D eigenvalue weighted by atomic mass is 10.1. The van der Waals surface area contributed by atoms with Crippen LogP contribution in [-0.4, -0.2) is 17.4 Å². The van der Waals surface area contributed by atoms with Crippen LogP contribution in [0, 0.1) is 0 Å². The zero-order valence-corrected chi connectivity index (χ0v) is 15.7. The molecule has 0 saturated carbocycles. The van der Waals surface area contributed by atoms with Crippen molar-refractivity contribution in [3.8, 4) is 16.3 Å². The monoisotopic (exact) mass is 406 g/mol. The van der Waals surface area contributed by atoms with E-state index in [0.29, 0.717) is 28.6 Å². The highest BCUT2D eigenvalue weighted by Crippen LogP contribution is 2.35. The highest BCUT2D eigenvalue weighted by molar-refractivity contribution is 7.13. The van der Waals surface area contributed by atoms with Gasteiger partial charge < -0.3 is 10.1 Å². The minimum Gasteiger partial charge on any atom is -0.488 e. The van der Waals surface area contributed by atoms with Crippen LogP contribution in [0.5, 0.6) is 5.75 Å². The van der Waals surface area contributed by atoms with E-state index in [9.17, 15) is 18.0 Å². The van der Waals surface area contributed by atoms with Crippen LogP contribution < -0.4 is 10.1 Å². The van der Waals surface area contributed by atoms with E-state index < -0.39 is 11.7 Å². The van der Waals surface area contributed by atoms with Crippen molar-refractivity contribution in [2.24, 2.45) is 0 Å². The third-order valence-corrected chi connectivity index (χ3v) is 4.77. The first-order valence-electron chi connectivity index (χ1n) is 8.51. The molecule has 2 aromatic carbocycles. The molecule has 0 aliphatic rings. The SMILES string of the molecule is CCNC(=O)c1csc(-c2ccccc2OCc2ccccc2C(F)(F)F)n1. The lowest BCUT2D eigenvalue weighted by Crippen LogP contribution is -2.22. The lowest BCUT2D eigenvalue weighted by molar-refractivity contribution is -0.138. The number of nitrogens with one attached hydrogen (secondary N) is 1. The van der Waals surface area contributed by atoms with Crippen LogP contribution in [0.4, 0.5) is 13.2 Å². The van der Waals surface area contributed by atoms with Gasteiger partial charge in [-0.05, 0) is 25.1 Å². The van der Waals surface area contributed by atoms with Gasteiger partial charge in [-0.25, -0.2) is 4.98 Å². The summed E-state index contributed by atoms with van der Waals surface area (Å²) in [6.07, 6.45) is -4.45. The molecule has 4 nitrogen and oxygen atoms in total. The number of alkyl halides is 3. The van der Waals surface area contributed by atoms with Crippen molar-refractivity contribution >= 4 is 17.2 Å². The topological polar surface area (TPSA) is 51.2 Å². The van der Waals surface area contributed by atoms with Gasteiger partial charge in [0.15, 0.2) is 0 Å². The summed E-state index contributed by atoms with van der Waals surface area (Å²) in [5, 5.41) is 4.87. The van der Waals surface area contributed by atoms with Gasteiger partial charge in [0, 0.05) is 17.5 Å². The van der Waals surface area contributed by atoms with Gasteiger partial charge in [0.2, 0.25) is 0 Å². The third-order valence-electron chi connectivity index (χ3n) is 3.90. The number of hydrogen-bond donors (Lipinski definition) is 1. The number of para-hydroxylation sites is 1. The van der Waals surface area contributed by atoms with E-state index in [1.165, 1.54) is 23.5 Å². The van der Waals surface area contributed by atoms with Crippen LogP contribution in [-0.2, 0) is 12.8 Å². The Kier molecular flexibility index (Phi) is 5.99. The van der Waals surface area contributed by atoms with Gasteiger partial charge >= 0.3 is 6.18 Å². The van der Waals surface area contributed by atoms with Gasteiger partial charge in [0.05, 0.1) is 11.1 Å². The number of benzene rings is 2. The number of thiazole rings is 1. The molecule has 0 bridgehead atoms. The Balaban J connectivity index is 1.84. The molecule has 3 aromatic rings. The van der Waals surface area contributed by atoms with Crippen molar-refractivity contribution in [3.05, 3.63) is 70.7 Å². The van der Waals surface area contributed by atoms with Crippen LogP contribution in [0.1, 0.15) is 28.5 Å². The van der Waals surface area contributed by atoms with Gasteiger partial charge in [0.1, 0.15) is 23.1 Å². The number of hydrogen-bond acceptors (Lipinski definition) is 4. The summed E-state index contributed by atoms with van der Waals surface area (Å²) in [7, 11) is 0. The molecule has 1 aromatic heterocycles. The lowest BCUT2D eigenvalue weighted by Gasteiger charge is -2.14. The van der Waals surface area contributed by atoms with E-state index in [1.54, 1.807) is 35.7 Å². The van der Waals surface area contributed by atoms with E-state index in [-0.39, 0.29) is 18.1 Å². The maximum atomic E-state index is 13.2. The van der Waals surface area contributed by atoms with Gasteiger partial charge in [0.25, 0.3) is 5.91 Å². The maximum Gasteiger partial charge on any atom is 0.416 e. The number of aromatic nitrogens is 1. The summed E-state index contributed by atoms with van der Waals surface area (Å²) < 4.78 is 45.2. The molecule has 1 amide bonds. The molecule has 8 heteroatoms. The summed E-state index contributed by atoms with van der Waals surface area (Å²) in [5.74, 6) is 0.124. The fourth-order valence-electron chi connectivity index (χ4n) is 2.60. The first kappa shape index (κ1) is 19.9. The van der Waals surface area contributed by atoms with Gasteiger partial charge in [-0.1, -0.05) is 30.3 Å². The number of carbonyl (C=O) groups is 1. The Morgan fingerprint density at radius 1 is 1.14 bits per heavy atom. The number of nitrogens with zero attached hydrogens (tertiary/aromatic N) is 1. The molecule has 0 unspecified atom stereocenters. The zero-order valence-electron chi connectivity index (χ0n) is 14.9. The Morgan fingerprint density at radius 3 is 2.61 bits per heavy atom. The molecule has 0 aliphatic heterocycles. The summed E-state index contributed by atoms with van der Waals surface area (Å²) in [5.41, 5.74) is 0.235. The van der Waals surface area contributed by atoms with Crippen LogP contribution in [0.3, 0.4) is 0 Å². The summed E-state index contributed by atoms with van der Waals surface area (Å²) in [6.45, 7) is 2.07. The Bertz CT molecular complexity index is 970. The van der Waals surface area contributed by atoms with Crippen molar-refractivity contribution in [2.45, 2.75) is 19.7 Å². The molecule has 0 spiro atoms. The molecule has 0 fully saturated rings. The molecule has 0 aliphatic carbocycles. The average Bonchev–Trinajstić information content (AvgIpc) is 3.16. The molecule has 1 N–H and O–H groups in total.